The van der Waals surface area contributed by atoms with Gasteiger partial charge in [0.2, 0.25) is 5.91 Å². The van der Waals surface area contributed by atoms with Crippen LogP contribution in [-0.2, 0) is 20.9 Å². The number of carbonyl (C=O) groups is 1. The van der Waals surface area contributed by atoms with Gasteiger partial charge in [-0.25, -0.2) is 0 Å². The summed E-state index contributed by atoms with van der Waals surface area (Å²) in [7, 11) is 1.65. The van der Waals surface area contributed by atoms with E-state index in [2.05, 4.69) is 5.32 Å². The van der Waals surface area contributed by atoms with Crippen molar-refractivity contribution in [1.82, 2.24) is 0 Å². The van der Waals surface area contributed by atoms with Gasteiger partial charge in [0.05, 0.1) is 12.7 Å². The van der Waals surface area contributed by atoms with Gasteiger partial charge in [-0.3, -0.25) is 4.79 Å². The Morgan fingerprint density at radius 3 is 2.92 bits per heavy atom. The second kappa shape index (κ2) is 7.00. The van der Waals surface area contributed by atoms with Gasteiger partial charge in [-0.1, -0.05) is 26.0 Å². The van der Waals surface area contributed by atoms with Gasteiger partial charge in [0.25, 0.3) is 0 Å². The summed E-state index contributed by atoms with van der Waals surface area (Å²) in [6, 6.07) is 7.67. The first-order chi connectivity index (χ1) is 10.9. The second-order valence-electron chi connectivity index (χ2n) is 7.22. The van der Waals surface area contributed by atoms with Crippen molar-refractivity contribution >= 4 is 24.0 Å². The average Bonchev–Trinajstić information content (AvgIpc) is 2.54. The van der Waals surface area contributed by atoms with Crippen molar-refractivity contribution in [3.05, 3.63) is 29.8 Å². The summed E-state index contributed by atoms with van der Waals surface area (Å²) < 4.78 is 11.0. The van der Waals surface area contributed by atoms with Crippen LogP contribution in [0.1, 0.15) is 32.3 Å². The summed E-state index contributed by atoms with van der Waals surface area (Å²) in [6.45, 7) is 5.34. The number of carbonyl (C=O) groups excluding carboxylic acids is 1. The van der Waals surface area contributed by atoms with E-state index in [0.717, 1.165) is 30.7 Å². The summed E-state index contributed by atoms with van der Waals surface area (Å²) in [4.78, 5) is 12.9. The predicted molar refractivity (Wildman–Crippen MR) is 96.2 cm³/mol. The van der Waals surface area contributed by atoms with E-state index in [0.29, 0.717) is 6.61 Å². The van der Waals surface area contributed by atoms with Gasteiger partial charge in [-0.15, -0.1) is 12.4 Å². The standard InChI is InChI=1S/C18H26N2O3.ClH/c1-17(2)15-14(8-5-9-23-15)18(17,19)16(21)20-13-7-4-6-12(10-13)11-22-3;/h4,6-7,10,14-15H,5,8-9,11,19H2,1-3H3,(H,20,21);1H. The number of amides is 1. The van der Waals surface area contributed by atoms with E-state index in [1.54, 1.807) is 7.11 Å². The van der Waals surface area contributed by atoms with Crippen molar-refractivity contribution in [3.63, 3.8) is 0 Å². The first kappa shape index (κ1) is 19.2. The van der Waals surface area contributed by atoms with Gasteiger partial charge in [0.15, 0.2) is 0 Å². The number of nitrogens with two attached hydrogens (primary N) is 1. The molecule has 24 heavy (non-hydrogen) atoms. The Labute approximate surface area is 149 Å². The fourth-order valence-electron chi connectivity index (χ4n) is 4.18. The quantitative estimate of drug-likeness (QED) is 0.871. The van der Waals surface area contributed by atoms with Gasteiger partial charge in [0, 0.05) is 30.7 Å². The highest BCUT2D eigenvalue weighted by Gasteiger charge is 2.70. The third-order valence-electron chi connectivity index (χ3n) is 5.56. The Kier molecular flexibility index (Phi) is 5.60. The molecule has 1 aromatic rings. The Morgan fingerprint density at radius 1 is 1.46 bits per heavy atom. The maximum atomic E-state index is 12.9. The van der Waals surface area contributed by atoms with Crippen LogP contribution in [0.15, 0.2) is 24.3 Å². The Balaban J connectivity index is 0.00000208. The summed E-state index contributed by atoms with van der Waals surface area (Å²) >= 11 is 0. The van der Waals surface area contributed by atoms with Gasteiger partial charge in [-0.05, 0) is 30.5 Å². The highest BCUT2D eigenvalue weighted by Crippen LogP contribution is 2.57. The molecular weight excluding hydrogens is 328 g/mol. The van der Waals surface area contributed by atoms with Crippen LogP contribution in [0.5, 0.6) is 0 Å². The molecule has 2 fully saturated rings. The largest absolute Gasteiger partial charge is 0.380 e. The summed E-state index contributed by atoms with van der Waals surface area (Å²) in [5.74, 6) is -0.0303. The predicted octanol–water partition coefficient (Wildman–Crippen LogP) is 2.73. The lowest BCUT2D eigenvalue weighted by molar-refractivity contribution is -0.222. The van der Waals surface area contributed by atoms with Crippen molar-refractivity contribution in [3.8, 4) is 0 Å². The van der Waals surface area contributed by atoms with Crippen molar-refractivity contribution in [2.45, 2.75) is 44.9 Å². The van der Waals surface area contributed by atoms with Crippen LogP contribution < -0.4 is 11.1 Å². The van der Waals surface area contributed by atoms with Gasteiger partial charge >= 0.3 is 0 Å². The first-order valence-electron chi connectivity index (χ1n) is 8.21. The van der Waals surface area contributed by atoms with E-state index in [1.165, 1.54) is 0 Å². The maximum Gasteiger partial charge on any atom is 0.245 e. The number of rotatable bonds is 4. The number of nitrogens with one attached hydrogen (secondary N) is 1. The molecule has 0 radical (unpaired) electrons. The molecule has 1 aliphatic carbocycles. The van der Waals surface area contributed by atoms with Crippen LogP contribution in [0.2, 0.25) is 0 Å². The summed E-state index contributed by atoms with van der Waals surface area (Å²) in [5, 5.41) is 3.00. The van der Waals surface area contributed by atoms with Crippen molar-refractivity contribution < 1.29 is 14.3 Å². The van der Waals surface area contributed by atoms with E-state index < -0.39 is 5.54 Å². The van der Waals surface area contributed by atoms with E-state index in [4.69, 9.17) is 15.2 Å². The average molecular weight is 355 g/mol. The Bertz CT molecular complexity index is 608. The lowest BCUT2D eigenvalue weighted by atomic mass is 9.46. The number of anilines is 1. The Hall–Kier alpha value is -1.14. The van der Waals surface area contributed by atoms with Crippen molar-refractivity contribution in [1.29, 1.82) is 0 Å². The number of benzene rings is 1. The van der Waals surface area contributed by atoms with Crippen LogP contribution in [0.4, 0.5) is 5.69 Å². The van der Waals surface area contributed by atoms with E-state index in [9.17, 15) is 4.79 Å². The minimum Gasteiger partial charge on any atom is -0.380 e. The monoisotopic (exact) mass is 354 g/mol. The highest BCUT2D eigenvalue weighted by molar-refractivity contribution is 6.00. The molecule has 0 aromatic heterocycles. The number of fused-ring (bicyclic) bond motifs is 1. The Morgan fingerprint density at radius 2 is 2.21 bits per heavy atom. The number of hydrogen-bond donors (Lipinski definition) is 2. The molecule has 1 heterocycles. The van der Waals surface area contributed by atoms with E-state index >= 15 is 0 Å². The van der Waals surface area contributed by atoms with E-state index in [-0.39, 0.29) is 35.8 Å². The van der Waals surface area contributed by atoms with Crippen molar-refractivity contribution in [2.24, 2.45) is 17.1 Å². The molecule has 3 unspecified atom stereocenters. The fourth-order valence-corrected chi connectivity index (χ4v) is 4.18. The zero-order valence-electron chi connectivity index (χ0n) is 14.5. The molecule has 3 rings (SSSR count). The third-order valence-corrected chi connectivity index (χ3v) is 5.56. The van der Waals surface area contributed by atoms with Crippen LogP contribution in [0.3, 0.4) is 0 Å². The molecular formula is C18H27ClN2O3. The SMILES string of the molecule is COCc1cccc(NC(=O)C2(N)C3CCCOC3C2(C)C)c1.Cl. The zero-order valence-corrected chi connectivity index (χ0v) is 15.3. The molecule has 1 saturated heterocycles. The number of ether oxygens (including phenoxy) is 2. The second-order valence-corrected chi connectivity index (χ2v) is 7.22. The van der Waals surface area contributed by atoms with Crippen molar-refractivity contribution in [2.75, 3.05) is 19.0 Å². The fraction of sp³-hybridized carbons (Fsp3) is 0.611. The number of hydrogen-bond acceptors (Lipinski definition) is 4. The first-order valence-corrected chi connectivity index (χ1v) is 8.21. The van der Waals surface area contributed by atoms with Gasteiger partial charge in [-0.2, -0.15) is 0 Å². The maximum absolute atomic E-state index is 12.9. The number of halogens is 1. The lowest BCUT2D eigenvalue weighted by Crippen LogP contribution is -2.81. The van der Waals surface area contributed by atoms with Gasteiger partial charge in [0.1, 0.15) is 5.54 Å². The molecule has 3 N–H and O–H groups in total. The minimum absolute atomic E-state index is 0. The summed E-state index contributed by atoms with van der Waals surface area (Å²) in [6.07, 6.45) is 1.99. The van der Waals surface area contributed by atoms with Crippen LogP contribution in [0.25, 0.3) is 0 Å². The molecule has 6 heteroatoms. The highest BCUT2D eigenvalue weighted by atomic mass is 35.5. The normalized spacial score (nSPS) is 30.5. The summed E-state index contributed by atoms with van der Waals surface area (Å²) in [5.41, 5.74) is 7.12. The van der Waals surface area contributed by atoms with Gasteiger partial charge < -0.3 is 20.5 Å². The minimum atomic E-state index is -0.894. The van der Waals surface area contributed by atoms with E-state index in [1.807, 2.05) is 38.1 Å². The lowest BCUT2D eigenvalue weighted by Gasteiger charge is -2.65. The van der Waals surface area contributed by atoms with Crippen LogP contribution in [-0.4, -0.2) is 31.3 Å². The number of methoxy groups -OCH3 is 1. The molecule has 134 valence electrons. The molecule has 0 spiro atoms. The molecule has 5 nitrogen and oxygen atoms in total. The third kappa shape index (κ3) is 2.84. The molecule has 1 aliphatic heterocycles. The molecule has 1 saturated carbocycles. The smallest absolute Gasteiger partial charge is 0.245 e. The topological polar surface area (TPSA) is 73.6 Å². The molecule has 3 atom stereocenters. The molecule has 1 amide bonds. The zero-order chi connectivity index (χ0) is 16.7. The molecule has 2 aliphatic rings. The van der Waals surface area contributed by atoms with Crippen LogP contribution in [0, 0.1) is 11.3 Å². The molecule has 1 aromatic carbocycles. The molecule has 0 bridgehead atoms. The van der Waals surface area contributed by atoms with Crippen LogP contribution >= 0.6 is 12.4 Å².